The zero-order valence-electron chi connectivity index (χ0n) is 15.7. The largest absolute Gasteiger partial charge is 0.573 e. The maximum absolute atomic E-state index is 14.3. The minimum atomic E-state index is -4.92. The average Bonchev–Trinajstić information content (AvgIpc) is 3.06. The number of anilines is 1. The van der Waals surface area contributed by atoms with Gasteiger partial charge in [-0.3, -0.25) is 0 Å². The Hall–Kier alpha value is -2.98. The third kappa shape index (κ3) is 4.00. The van der Waals surface area contributed by atoms with Crippen LogP contribution < -0.4 is 9.64 Å². The molecule has 0 spiro atoms. The van der Waals surface area contributed by atoms with Crippen LogP contribution in [0.4, 0.5) is 23.2 Å². The molecule has 0 bridgehead atoms. The number of aromatic carboxylic acids is 1. The van der Waals surface area contributed by atoms with E-state index < -0.39 is 23.9 Å². The summed E-state index contributed by atoms with van der Waals surface area (Å²) in [7, 11) is 0. The van der Waals surface area contributed by atoms with Gasteiger partial charge in [-0.25, -0.2) is 9.18 Å². The minimum absolute atomic E-state index is 0.0892. The molecule has 3 aromatic rings. The number of hydrogen-bond acceptors (Lipinski definition) is 4. The Morgan fingerprint density at radius 1 is 1.16 bits per heavy atom. The number of alkyl halides is 3. The van der Waals surface area contributed by atoms with E-state index in [1.54, 1.807) is 4.90 Å². The molecule has 1 aliphatic rings. The predicted octanol–water partition coefficient (Wildman–Crippen LogP) is 4.86. The van der Waals surface area contributed by atoms with Crippen LogP contribution in [0.15, 0.2) is 36.4 Å². The molecule has 1 aromatic heterocycles. The number of morpholine rings is 1. The Morgan fingerprint density at radius 3 is 2.52 bits per heavy atom. The number of carbonyl (C=O) groups is 1. The van der Waals surface area contributed by atoms with Crippen molar-refractivity contribution in [3.05, 3.63) is 52.9 Å². The molecular weight excluding hydrogens is 444 g/mol. The van der Waals surface area contributed by atoms with Gasteiger partial charge < -0.3 is 24.0 Å². The van der Waals surface area contributed by atoms with Crippen LogP contribution in [-0.2, 0) is 4.74 Å². The lowest BCUT2D eigenvalue weighted by molar-refractivity contribution is -0.274. The van der Waals surface area contributed by atoms with E-state index in [9.17, 15) is 27.5 Å². The molecule has 11 heteroatoms. The number of rotatable bonds is 4. The molecule has 0 radical (unpaired) electrons. The molecule has 0 amide bonds. The normalized spacial score (nSPS) is 14.8. The summed E-state index contributed by atoms with van der Waals surface area (Å²) in [5, 5.41) is 9.91. The van der Waals surface area contributed by atoms with Crippen molar-refractivity contribution in [2.75, 3.05) is 31.2 Å². The zero-order chi connectivity index (χ0) is 22.3. The predicted molar refractivity (Wildman–Crippen MR) is 105 cm³/mol. The third-order valence-corrected chi connectivity index (χ3v) is 5.21. The van der Waals surface area contributed by atoms with E-state index in [-0.39, 0.29) is 33.0 Å². The van der Waals surface area contributed by atoms with Gasteiger partial charge in [-0.1, -0.05) is 17.7 Å². The summed E-state index contributed by atoms with van der Waals surface area (Å²) in [4.78, 5) is 14.0. The number of hydrogen-bond donors (Lipinski definition) is 1. The molecule has 0 atom stereocenters. The van der Waals surface area contributed by atoms with Crippen LogP contribution in [0.3, 0.4) is 0 Å². The first-order valence-corrected chi connectivity index (χ1v) is 9.50. The van der Waals surface area contributed by atoms with E-state index in [0.717, 1.165) is 18.2 Å². The number of nitrogens with zero attached hydrogens (tertiary/aromatic N) is 2. The van der Waals surface area contributed by atoms with Crippen molar-refractivity contribution in [1.82, 2.24) is 4.57 Å². The first kappa shape index (κ1) is 21.3. The lowest BCUT2D eigenvalue weighted by atomic mass is 10.2. The molecule has 2 heterocycles. The average molecular weight is 459 g/mol. The second-order valence-electron chi connectivity index (χ2n) is 6.74. The van der Waals surface area contributed by atoms with Crippen molar-refractivity contribution < 1.29 is 36.9 Å². The molecule has 0 saturated carbocycles. The molecule has 1 N–H and O–H groups in total. The highest BCUT2D eigenvalue weighted by atomic mass is 35.5. The van der Waals surface area contributed by atoms with E-state index in [1.165, 1.54) is 22.8 Å². The van der Waals surface area contributed by atoms with Gasteiger partial charge in [0.2, 0.25) is 0 Å². The van der Waals surface area contributed by atoms with E-state index in [2.05, 4.69) is 4.74 Å². The number of halogens is 5. The minimum Gasteiger partial charge on any atom is -0.476 e. The second kappa shape index (κ2) is 7.93. The topological polar surface area (TPSA) is 63.9 Å². The van der Waals surface area contributed by atoms with Crippen molar-refractivity contribution in [2.45, 2.75) is 6.36 Å². The summed E-state index contributed by atoms with van der Waals surface area (Å²) in [5.74, 6) is -2.62. The molecule has 6 nitrogen and oxygen atoms in total. The number of aromatic nitrogens is 1. The highest BCUT2D eigenvalue weighted by molar-refractivity contribution is 6.37. The Labute approximate surface area is 178 Å². The summed E-state index contributed by atoms with van der Waals surface area (Å²) in [6.45, 7) is 1.33. The molecule has 0 unspecified atom stereocenters. The van der Waals surface area contributed by atoms with Gasteiger partial charge in [0.15, 0.2) is 5.69 Å². The monoisotopic (exact) mass is 458 g/mol. The van der Waals surface area contributed by atoms with E-state index in [4.69, 9.17) is 16.3 Å². The maximum atomic E-state index is 14.3. The van der Waals surface area contributed by atoms with E-state index in [0.29, 0.717) is 26.3 Å². The molecular formula is C20H15ClF4N2O4. The molecule has 2 aromatic carbocycles. The van der Waals surface area contributed by atoms with Gasteiger partial charge >= 0.3 is 12.3 Å². The van der Waals surface area contributed by atoms with E-state index in [1.807, 2.05) is 0 Å². The van der Waals surface area contributed by atoms with Crippen molar-refractivity contribution >= 4 is 34.2 Å². The fourth-order valence-corrected chi connectivity index (χ4v) is 3.93. The van der Waals surface area contributed by atoms with Gasteiger partial charge in [0.1, 0.15) is 11.6 Å². The van der Waals surface area contributed by atoms with Crippen molar-refractivity contribution in [2.24, 2.45) is 0 Å². The number of carboxylic acid groups (broad SMARTS) is 1. The van der Waals surface area contributed by atoms with Crippen LogP contribution in [0.25, 0.3) is 16.6 Å². The van der Waals surface area contributed by atoms with Gasteiger partial charge in [0, 0.05) is 24.5 Å². The smallest absolute Gasteiger partial charge is 0.476 e. The van der Waals surface area contributed by atoms with Crippen molar-refractivity contribution in [3.63, 3.8) is 0 Å². The molecule has 1 saturated heterocycles. The first-order valence-electron chi connectivity index (χ1n) is 9.12. The molecule has 1 aliphatic heterocycles. The number of ether oxygens (including phenoxy) is 2. The Bertz CT molecular complexity index is 1160. The van der Waals surface area contributed by atoms with Crippen LogP contribution in [0.1, 0.15) is 10.5 Å². The van der Waals surface area contributed by atoms with Crippen LogP contribution >= 0.6 is 11.6 Å². The van der Waals surface area contributed by atoms with Crippen LogP contribution in [-0.4, -0.2) is 48.3 Å². The van der Waals surface area contributed by atoms with Gasteiger partial charge in [-0.2, -0.15) is 0 Å². The SMILES string of the molecule is O=C(O)c1c(N2CCOCC2)c2c(Cl)c(F)ccc2n1-c1cccc(OC(F)(F)F)c1. The van der Waals surface area contributed by atoms with Crippen molar-refractivity contribution in [3.8, 4) is 11.4 Å². The molecule has 0 aliphatic carbocycles. The summed E-state index contributed by atoms with van der Waals surface area (Å²) in [5.41, 5.74) is 0.242. The summed E-state index contributed by atoms with van der Waals surface area (Å²) < 4.78 is 62.9. The Balaban J connectivity index is 2.02. The fourth-order valence-electron chi connectivity index (χ4n) is 3.68. The van der Waals surface area contributed by atoms with Crippen LogP contribution in [0, 0.1) is 5.82 Å². The second-order valence-corrected chi connectivity index (χ2v) is 7.12. The molecule has 4 rings (SSSR count). The van der Waals surface area contributed by atoms with Gasteiger partial charge in [-0.05, 0) is 24.3 Å². The fraction of sp³-hybridized carbons (Fsp3) is 0.250. The Kier molecular flexibility index (Phi) is 5.44. The molecule has 164 valence electrons. The highest BCUT2D eigenvalue weighted by Gasteiger charge is 2.33. The number of fused-ring (bicyclic) bond motifs is 1. The highest BCUT2D eigenvalue weighted by Crippen LogP contribution is 2.42. The van der Waals surface area contributed by atoms with Crippen LogP contribution in [0.5, 0.6) is 5.75 Å². The lowest BCUT2D eigenvalue weighted by Gasteiger charge is -2.29. The lowest BCUT2D eigenvalue weighted by Crippen LogP contribution is -2.37. The molecule has 1 fully saturated rings. The summed E-state index contributed by atoms with van der Waals surface area (Å²) in [6.07, 6.45) is -4.92. The standard InChI is InChI=1S/C20H15ClF4N2O4/c21-16-13(22)4-5-14-15(16)17(26-6-8-30-9-7-26)18(19(28)29)27(14)11-2-1-3-12(10-11)31-20(23,24)25/h1-5,10H,6-9H2,(H,28,29). The van der Waals surface area contributed by atoms with Gasteiger partial charge in [0.25, 0.3) is 0 Å². The first-order chi connectivity index (χ1) is 14.7. The quantitative estimate of drug-likeness (QED) is 0.566. The number of carboxylic acids is 1. The summed E-state index contributed by atoms with van der Waals surface area (Å²) >= 11 is 6.23. The summed E-state index contributed by atoms with van der Waals surface area (Å²) in [6, 6.07) is 7.29. The van der Waals surface area contributed by atoms with E-state index >= 15 is 0 Å². The zero-order valence-corrected chi connectivity index (χ0v) is 16.5. The van der Waals surface area contributed by atoms with Crippen LogP contribution in [0.2, 0.25) is 5.02 Å². The Morgan fingerprint density at radius 2 is 1.87 bits per heavy atom. The number of benzene rings is 2. The van der Waals surface area contributed by atoms with Gasteiger partial charge in [0.05, 0.1) is 35.1 Å². The maximum Gasteiger partial charge on any atom is 0.573 e. The van der Waals surface area contributed by atoms with Gasteiger partial charge in [-0.15, -0.1) is 13.2 Å². The van der Waals surface area contributed by atoms with Crippen molar-refractivity contribution in [1.29, 1.82) is 0 Å². The molecule has 31 heavy (non-hydrogen) atoms. The third-order valence-electron chi connectivity index (χ3n) is 4.84.